The van der Waals surface area contributed by atoms with E-state index < -0.39 is 46.7 Å². The number of hydrogen-bond donors (Lipinski definition) is 2. The first kappa shape index (κ1) is 27.6. The molecular weight excluding hydrogens is 488 g/mol. The highest BCUT2D eigenvalue weighted by molar-refractivity contribution is 5.82. The summed E-state index contributed by atoms with van der Waals surface area (Å²) in [5.74, 6) is -1.03. The highest BCUT2D eigenvalue weighted by Gasteiger charge is 2.81. The molecule has 2 saturated carbocycles. The summed E-state index contributed by atoms with van der Waals surface area (Å²) in [5, 5.41) is 20.9. The van der Waals surface area contributed by atoms with Gasteiger partial charge in [0.2, 0.25) is 0 Å². The van der Waals surface area contributed by atoms with E-state index in [4.69, 9.17) is 18.9 Å². The van der Waals surface area contributed by atoms with Crippen molar-refractivity contribution in [2.45, 2.75) is 89.8 Å². The molecule has 0 amide bonds. The van der Waals surface area contributed by atoms with E-state index in [2.05, 4.69) is 19.9 Å². The molecule has 8 nitrogen and oxygen atoms in total. The molecule has 3 aliphatic carbocycles. The lowest BCUT2D eigenvalue weighted by molar-refractivity contribution is -0.194. The normalized spacial score (nSPS) is 48.0. The number of carbonyl (C=O) groups is 2. The lowest BCUT2D eigenvalue weighted by Crippen LogP contribution is -2.63. The molecule has 210 valence electrons. The quantitative estimate of drug-likeness (QED) is 0.302. The Labute approximate surface area is 225 Å². The van der Waals surface area contributed by atoms with Crippen LogP contribution < -0.4 is 0 Å². The number of aliphatic hydroxyl groups is 2. The summed E-state index contributed by atoms with van der Waals surface area (Å²) >= 11 is 0. The highest BCUT2D eigenvalue weighted by atomic mass is 16.6. The van der Waals surface area contributed by atoms with Gasteiger partial charge < -0.3 is 29.2 Å². The van der Waals surface area contributed by atoms with Gasteiger partial charge in [-0.25, -0.2) is 9.59 Å². The zero-order valence-corrected chi connectivity index (χ0v) is 22.9. The monoisotopic (exact) mass is 530 g/mol. The molecule has 2 heterocycles. The van der Waals surface area contributed by atoms with Crippen LogP contribution in [-0.2, 0) is 28.5 Å². The predicted molar refractivity (Wildman–Crippen MR) is 139 cm³/mol. The van der Waals surface area contributed by atoms with Crippen LogP contribution in [0.3, 0.4) is 0 Å². The fourth-order valence-corrected chi connectivity index (χ4v) is 7.86. The minimum absolute atomic E-state index is 0.144. The maximum atomic E-state index is 13.1. The van der Waals surface area contributed by atoms with E-state index in [9.17, 15) is 19.8 Å². The Hall–Kier alpha value is -2.00. The van der Waals surface area contributed by atoms with Crippen LogP contribution in [-0.4, -0.2) is 72.0 Å². The summed E-state index contributed by atoms with van der Waals surface area (Å²) in [6.07, 6.45) is 9.35. The maximum Gasteiger partial charge on any atom is 0.335 e. The van der Waals surface area contributed by atoms with Gasteiger partial charge in [0.15, 0.2) is 6.10 Å². The average Bonchev–Trinajstić information content (AvgIpc) is 3.65. The number of hydrogen-bond acceptors (Lipinski definition) is 8. The molecule has 2 N–H and O–H groups in total. The molecule has 2 aliphatic heterocycles. The van der Waals surface area contributed by atoms with Crippen molar-refractivity contribution in [3.63, 3.8) is 0 Å². The van der Waals surface area contributed by atoms with Crippen LogP contribution in [0.2, 0.25) is 0 Å². The van der Waals surface area contributed by atoms with Crippen molar-refractivity contribution in [3.8, 4) is 0 Å². The molecule has 0 aromatic heterocycles. The van der Waals surface area contributed by atoms with Crippen molar-refractivity contribution < 1.29 is 38.7 Å². The Morgan fingerprint density at radius 2 is 1.92 bits per heavy atom. The van der Waals surface area contributed by atoms with E-state index in [-0.39, 0.29) is 37.1 Å². The zero-order valence-electron chi connectivity index (χ0n) is 22.9. The van der Waals surface area contributed by atoms with Crippen LogP contribution >= 0.6 is 0 Å². The SMILES string of the molecule is CC1=CC2C[C@@H]3C[C@H]4OC(=O)/C=C\C=C\[C@H]([C@@H](C)O)OCCC(C)[C@H](O)C(=O)OCC2(CC1)[C@]4(C)[C@]31CO1. The molecular formula is C30H42O8. The largest absolute Gasteiger partial charge is 0.463 e. The van der Waals surface area contributed by atoms with Gasteiger partial charge in [-0.1, -0.05) is 43.7 Å². The van der Waals surface area contributed by atoms with Crippen LogP contribution in [0.15, 0.2) is 36.0 Å². The Morgan fingerprint density at radius 1 is 1.16 bits per heavy atom. The zero-order chi connectivity index (χ0) is 27.3. The highest BCUT2D eigenvalue weighted by Crippen LogP contribution is 2.75. The molecule has 2 bridgehead atoms. The molecule has 38 heavy (non-hydrogen) atoms. The van der Waals surface area contributed by atoms with Gasteiger partial charge in [-0.2, -0.15) is 0 Å². The van der Waals surface area contributed by atoms with Gasteiger partial charge in [-0.15, -0.1) is 0 Å². The van der Waals surface area contributed by atoms with E-state index in [1.54, 1.807) is 32.1 Å². The van der Waals surface area contributed by atoms with Crippen molar-refractivity contribution in [2.24, 2.45) is 28.6 Å². The van der Waals surface area contributed by atoms with Gasteiger partial charge in [-0.05, 0) is 63.7 Å². The fraction of sp³-hybridized carbons (Fsp3) is 0.733. The third-order valence-electron chi connectivity index (χ3n) is 10.4. The molecule has 3 fully saturated rings. The van der Waals surface area contributed by atoms with Crippen LogP contribution in [0.25, 0.3) is 0 Å². The smallest absolute Gasteiger partial charge is 0.335 e. The van der Waals surface area contributed by atoms with E-state index >= 15 is 0 Å². The first-order chi connectivity index (χ1) is 18.0. The van der Waals surface area contributed by atoms with Crippen molar-refractivity contribution in [3.05, 3.63) is 36.0 Å². The van der Waals surface area contributed by atoms with Gasteiger partial charge in [0.1, 0.15) is 17.8 Å². The summed E-state index contributed by atoms with van der Waals surface area (Å²) < 4.78 is 24.1. The van der Waals surface area contributed by atoms with Crippen LogP contribution in [0, 0.1) is 28.6 Å². The standard InChI is InChI=1S/C30H42O8/c1-18-9-11-29-16-36-27(34)26(33)19(2)10-12-35-23(20(3)31)7-5-6-8-25(32)38-24-15-22(14-21(29)13-18)30(17-37-30)28(24,29)4/h5-8,13,19-24,26,31,33H,9-12,14-17H2,1-4H3/b7-5+,8-6-/t19?,20-,21?,22-,23-,24-,26+,28-,29?,30+/m1/s1. The Kier molecular flexibility index (Phi) is 7.39. The van der Waals surface area contributed by atoms with Gasteiger partial charge in [0.25, 0.3) is 0 Å². The summed E-state index contributed by atoms with van der Waals surface area (Å²) in [4.78, 5) is 26.1. The Bertz CT molecular complexity index is 1030. The lowest BCUT2D eigenvalue weighted by atomic mass is 9.45. The number of esters is 2. The van der Waals surface area contributed by atoms with Gasteiger partial charge in [0.05, 0.1) is 19.3 Å². The topological polar surface area (TPSA) is 115 Å². The second kappa shape index (κ2) is 10.2. The molecule has 5 rings (SSSR count). The molecule has 3 unspecified atom stereocenters. The molecule has 0 aromatic carbocycles. The molecule has 8 heteroatoms. The van der Waals surface area contributed by atoms with E-state index in [1.807, 2.05) is 0 Å². The van der Waals surface area contributed by atoms with Gasteiger partial charge in [-0.3, -0.25) is 0 Å². The summed E-state index contributed by atoms with van der Waals surface area (Å²) in [7, 11) is 0. The minimum atomic E-state index is -1.29. The molecule has 5 aliphatic rings. The number of cyclic esters (lactones) is 1. The first-order valence-electron chi connectivity index (χ1n) is 14.0. The van der Waals surface area contributed by atoms with Crippen molar-refractivity contribution in [1.29, 1.82) is 0 Å². The van der Waals surface area contributed by atoms with Crippen LogP contribution in [0.4, 0.5) is 0 Å². The summed E-state index contributed by atoms with van der Waals surface area (Å²) in [5.41, 5.74) is -0.0765. The number of carbonyl (C=O) groups excluding carboxylic acids is 2. The minimum Gasteiger partial charge on any atom is -0.463 e. The number of aliphatic hydroxyl groups excluding tert-OH is 2. The first-order valence-corrected chi connectivity index (χ1v) is 14.0. The fourth-order valence-electron chi connectivity index (χ4n) is 7.86. The Morgan fingerprint density at radius 3 is 2.63 bits per heavy atom. The second-order valence-corrected chi connectivity index (χ2v) is 12.4. The molecule has 0 aromatic rings. The third kappa shape index (κ3) is 4.37. The predicted octanol–water partition coefficient (Wildman–Crippen LogP) is 3.26. The molecule has 10 atom stereocenters. The van der Waals surface area contributed by atoms with E-state index in [0.717, 1.165) is 19.3 Å². The van der Waals surface area contributed by atoms with E-state index in [1.165, 1.54) is 11.6 Å². The van der Waals surface area contributed by atoms with Crippen molar-refractivity contribution in [2.75, 3.05) is 19.8 Å². The van der Waals surface area contributed by atoms with Crippen LogP contribution in [0.5, 0.6) is 0 Å². The van der Waals surface area contributed by atoms with Crippen molar-refractivity contribution in [1.82, 2.24) is 0 Å². The van der Waals surface area contributed by atoms with Gasteiger partial charge >= 0.3 is 11.9 Å². The van der Waals surface area contributed by atoms with Crippen LogP contribution in [0.1, 0.15) is 59.8 Å². The number of allylic oxidation sites excluding steroid dienone is 4. The van der Waals surface area contributed by atoms with E-state index in [0.29, 0.717) is 19.4 Å². The number of ether oxygens (including phenoxy) is 4. The van der Waals surface area contributed by atoms with Crippen molar-refractivity contribution >= 4 is 11.9 Å². The van der Waals surface area contributed by atoms with Gasteiger partial charge in [0, 0.05) is 23.5 Å². The Balaban J connectivity index is 1.51. The third-order valence-corrected chi connectivity index (χ3v) is 10.4. The summed E-state index contributed by atoms with van der Waals surface area (Å²) in [6, 6.07) is 0. The number of epoxide rings is 1. The maximum absolute atomic E-state index is 13.1. The average molecular weight is 531 g/mol. The second-order valence-electron chi connectivity index (χ2n) is 12.4. The molecule has 1 saturated heterocycles. The number of rotatable bonds is 1. The summed E-state index contributed by atoms with van der Waals surface area (Å²) in [6.45, 7) is 8.73. The molecule has 2 spiro atoms. The lowest BCUT2D eigenvalue weighted by Gasteiger charge is -2.59. The molecule has 0 radical (unpaired) electrons.